The van der Waals surface area contributed by atoms with Gasteiger partial charge in [0.1, 0.15) is 13.2 Å². The summed E-state index contributed by atoms with van der Waals surface area (Å²) < 4.78 is 23.6. The molecule has 3 atom stereocenters. The lowest BCUT2D eigenvalue weighted by Gasteiger charge is -2.25. The van der Waals surface area contributed by atoms with Crippen LogP contribution in [0.4, 0.5) is 0 Å². The molecule has 0 aromatic heterocycles. The number of unbranched alkanes of at least 4 members (excludes halogenated alkanes) is 31. The molecule has 3 N–H and O–H groups in total. The lowest BCUT2D eigenvalue weighted by molar-refractivity contribution is -0.870. The van der Waals surface area contributed by atoms with E-state index in [2.05, 4.69) is 43.5 Å². The fourth-order valence-corrected chi connectivity index (χ4v) is 8.38. The molecule has 366 valence electrons. The van der Waals surface area contributed by atoms with Gasteiger partial charge in [-0.05, 0) is 57.8 Å². The third-order valence-electron chi connectivity index (χ3n) is 11.8. The minimum absolute atomic E-state index is 0.0570. The smallest absolute Gasteiger partial charge is 0.387 e. The normalized spacial score (nSPS) is 14.4. The van der Waals surface area contributed by atoms with Crippen LogP contribution >= 0.6 is 7.82 Å². The van der Waals surface area contributed by atoms with Gasteiger partial charge in [-0.15, -0.1) is 0 Å². The highest BCUT2D eigenvalue weighted by Crippen LogP contribution is 2.43. The topological polar surface area (TPSA) is 105 Å². The molecule has 0 fully saturated rings. The van der Waals surface area contributed by atoms with E-state index in [9.17, 15) is 19.4 Å². The molecule has 0 heterocycles. The second-order valence-corrected chi connectivity index (χ2v) is 20.7. The zero-order chi connectivity index (χ0) is 45.7. The van der Waals surface area contributed by atoms with E-state index in [0.717, 1.165) is 38.5 Å². The second kappa shape index (κ2) is 44.9. The summed E-state index contributed by atoms with van der Waals surface area (Å²) in [7, 11) is 1.56. The van der Waals surface area contributed by atoms with Crippen LogP contribution in [0.1, 0.15) is 245 Å². The molecule has 0 rings (SSSR count). The van der Waals surface area contributed by atoms with Crippen molar-refractivity contribution >= 4 is 13.7 Å². The van der Waals surface area contributed by atoms with Crippen molar-refractivity contribution in [1.82, 2.24) is 5.32 Å². The van der Waals surface area contributed by atoms with Crippen molar-refractivity contribution in [1.29, 1.82) is 0 Å². The average molecular weight is 896 g/mol. The van der Waals surface area contributed by atoms with Crippen LogP contribution in [0.15, 0.2) is 36.5 Å². The number of quaternary nitrogens is 1. The van der Waals surface area contributed by atoms with Crippen LogP contribution in [0.5, 0.6) is 0 Å². The highest BCUT2D eigenvalue weighted by Gasteiger charge is 2.27. The monoisotopic (exact) mass is 896 g/mol. The summed E-state index contributed by atoms with van der Waals surface area (Å²) in [4.78, 5) is 23.2. The molecular weight excluding hydrogens is 792 g/mol. The van der Waals surface area contributed by atoms with Crippen LogP contribution in [-0.4, -0.2) is 73.4 Å². The fourth-order valence-electron chi connectivity index (χ4n) is 7.64. The van der Waals surface area contributed by atoms with Gasteiger partial charge in [-0.3, -0.25) is 13.8 Å². The molecular formula is C53H104N2O6P+. The Hall–Kier alpha value is -1.28. The quantitative estimate of drug-likeness (QED) is 0.0243. The lowest BCUT2D eigenvalue weighted by Crippen LogP contribution is -2.45. The molecule has 0 saturated heterocycles. The molecule has 0 spiro atoms. The first-order valence-electron chi connectivity index (χ1n) is 26.4. The van der Waals surface area contributed by atoms with Crippen LogP contribution in [0.25, 0.3) is 0 Å². The highest BCUT2D eigenvalue weighted by atomic mass is 31.2. The number of phosphoric ester groups is 1. The molecule has 0 saturated carbocycles. The summed E-state index contributed by atoms with van der Waals surface area (Å²) in [5.74, 6) is -0.185. The van der Waals surface area contributed by atoms with E-state index in [1.54, 1.807) is 6.08 Å². The number of phosphoric acid groups is 1. The first kappa shape index (κ1) is 60.7. The van der Waals surface area contributed by atoms with Gasteiger partial charge in [0.25, 0.3) is 0 Å². The van der Waals surface area contributed by atoms with Gasteiger partial charge in [-0.2, -0.15) is 0 Å². The third-order valence-corrected chi connectivity index (χ3v) is 12.8. The standard InChI is InChI=1S/C53H103N2O6P/c1-6-8-10-12-14-16-18-20-21-22-23-24-25-26-27-28-29-30-31-32-33-35-37-39-41-43-45-47-53(57)54-51(50-61-62(58,59)60-49-48-55(3,4)5)52(56)46-44-42-40-38-36-34-19-17-15-13-11-9-7-2/h22-23,36,38,44,46,51-52,56H,6-21,24-35,37,39-43,45,47-50H2,1-5H3,(H-,54,57,58,59)/p+1/b23-22-,38-36+,46-44+. The van der Waals surface area contributed by atoms with E-state index >= 15 is 0 Å². The van der Waals surface area contributed by atoms with Crippen LogP contribution in [0.3, 0.4) is 0 Å². The second-order valence-electron chi connectivity index (χ2n) is 19.2. The predicted molar refractivity (Wildman–Crippen MR) is 268 cm³/mol. The van der Waals surface area contributed by atoms with Gasteiger partial charge in [-0.1, -0.05) is 217 Å². The van der Waals surface area contributed by atoms with Gasteiger partial charge in [-0.25, -0.2) is 4.57 Å². The Morgan fingerprint density at radius 1 is 0.532 bits per heavy atom. The number of nitrogens with one attached hydrogen (secondary N) is 1. The van der Waals surface area contributed by atoms with Gasteiger partial charge in [0.05, 0.1) is 39.9 Å². The van der Waals surface area contributed by atoms with Gasteiger partial charge in [0.15, 0.2) is 0 Å². The highest BCUT2D eigenvalue weighted by molar-refractivity contribution is 7.47. The number of rotatable bonds is 48. The number of allylic oxidation sites excluding steroid dienone is 5. The number of aliphatic hydroxyl groups is 1. The molecule has 0 radical (unpaired) electrons. The fraction of sp³-hybridized carbons (Fsp3) is 0.868. The molecule has 0 aliphatic heterocycles. The van der Waals surface area contributed by atoms with Crippen LogP contribution in [0, 0.1) is 0 Å². The molecule has 9 heteroatoms. The molecule has 0 bridgehead atoms. The van der Waals surface area contributed by atoms with E-state index in [-0.39, 0.29) is 19.1 Å². The number of hydrogen-bond acceptors (Lipinski definition) is 5. The summed E-state index contributed by atoms with van der Waals surface area (Å²) in [6, 6.07) is -0.860. The van der Waals surface area contributed by atoms with Crippen molar-refractivity contribution in [3.63, 3.8) is 0 Å². The molecule has 3 unspecified atom stereocenters. The van der Waals surface area contributed by atoms with Crippen molar-refractivity contribution in [3.05, 3.63) is 36.5 Å². The maximum atomic E-state index is 12.9. The number of likely N-dealkylation sites (N-methyl/N-ethyl adjacent to an activating group) is 1. The van der Waals surface area contributed by atoms with E-state index < -0.39 is 20.0 Å². The molecule has 1 amide bonds. The molecule has 62 heavy (non-hydrogen) atoms. The minimum atomic E-state index is -4.35. The molecule has 0 aliphatic rings. The molecule has 0 aliphatic carbocycles. The molecule has 0 aromatic rings. The van der Waals surface area contributed by atoms with Crippen molar-refractivity contribution in [2.75, 3.05) is 40.9 Å². The maximum Gasteiger partial charge on any atom is 0.472 e. The number of hydrogen-bond donors (Lipinski definition) is 3. The first-order valence-corrected chi connectivity index (χ1v) is 27.9. The number of nitrogens with zero attached hydrogens (tertiary/aromatic N) is 1. The number of aliphatic hydroxyl groups excluding tert-OH is 1. The first-order chi connectivity index (χ1) is 30.0. The van der Waals surface area contributed by atoms with Gasteiger partial charge >= 0.3 is 7.82 Å². The van der Waals surface area contributed by atoms with Crippen LogP contribution in [0.2, 0.25) is 0 Å². The number of carbonyl (C=O) groups excluding carboxylic acids is 1. The van der Waals surface area contributed by atoms with Gasteiger partial charge < -0.3 is 19.8 Å². The summed E-state index contributed by atoms with van der Waals surface area (Å²) in [6.45, 7) is 4.80. The van der Waals surface area contributed by atoms with Crippen molar-refractivity contribution in [2.24, 2.45) is 0 Å². The minimum Gasteiger partial charge on any atom is -0.387 e. The zero-order valence-electron chi connectivity index (χ0n) is 41.6. The van der Waals surface area contributed by atoms with Crippen LogP contribution < -0.4 is 5.32 Å². The number of amides is 1. The van der Waals surface area contributed by atoms with Crippen molar-refractivity contribution < 1.29 is 32.9 Å². The molecule has 8 nitrogen and oxygen atoms in total. The van der Waals surface area contributed by atoms with E-state index in [4.69, 9.17) is 9.05 Å². The van der Waals surface area contributed by atoms with Gasteiger partial charge in [0.2, 0.25) is 5.91 Å². The third kappa shape index (κ3) is 46.7. The van der Waals surface area contributed by atoms with E-state index in [0.29, 0.717) is 17.4 Å². The maximum absolute atomic E-state index is 12.9. The summed E-state index contributed by atoms with van der Waals surface area (Å²) in [5, 5.41) is 13.8. The Kier molecular flexibility index (Phi) is 44.0. The largest absolute Gasteiger partial charge is 0.472 e. The summed E-state index contributed by atoms with van der Waals surface area (Å²) in [5.41, 5.74) is 0. The van der Waals surface area contributed by atoms with E-state index in [1.165, 1.54) is 186 Å². The summed E-state index contributed by atoms with van der Waals surface area (Å²) >= 11 is 0. The zero-order valence-corrected chi connectivity index (χ0v) is 42.5. The van der Waals surface area contributed by atoms with E-state index in [1.807, 2.05) is 27.2 Å². The Bertz CT molecular complexity index is 1110. The number of carbonyl (C=O) groups is 1. The Morgan fingerprint density at radius 3 is 1.29 bits per heavy atom. The Morgan fingerprint density at radius 2 is 0.887 bits per heavy atom. The average Bonchev–Trinajstić information content (AvgIpc) is 3.23. The molecule has 0 aromatic carbocycles. The van der Waals surface area contributed by atoms with Crippen molar-refractivity contribution in [3.8, 4) is 0 Å². The SMILES string of the molecule is CCCCCCCCC/C=C/CC/C=C/C(O)C(COP(=O)(O)OCC[N+](C)(C)C)NC(=O)CCCCCCCCCCCCCCCCC/C=C\CCCCCCCCCC. The Balaban J connectivity index is 4.16. The Labute approximate surface area is 385 Å². The predicted octanol–water partition coefficient (Wildman–Crippen LogP) is 15.4. The summed E-state index contributed by atoms with van der Waals surface area (Å²) in [6.07, 6.45) is 56.7. The van der Waals surface area contributed by atoms with Gasteiger partial charge in [0, 0.05) is 6.42 Å². The van der Waals surface area contributed by atoms with Crippen molar-refractivity contribution in [2.45, 2.75) is 257 Å². The lowest BCUT2D eigenvalue weighted by atomic mass is 10.0. The van der Waals surface area contributed by atoms with Crippen LogP contribution in [-0.2, 0) is 18.4 Å².